The minimum absolute atomic E-state index is 0.174. The second kappa shape index (κ2) is 7.53. The number of rotatable bonds is 6. The van der Waals surface area contributed by atoms with Gasteiger partial charge in [0.2, 0.25) is 0 Å². The zero-order chi connectivity index (χ0) is 18.6. The van der Waals surface area contributed by atoms with Gasteiger partial charge in [-0.05, 0) is 49.2 Å². The molecular formula is C19H20N4O2S. The van der Waals surface area contributed by atoms with Crippen molar-refractivity contribution < 1.29 is 8.42 Å². The van der Waals surface area contributed by atoms with Gasteiger partial charge in [0.25, 0.3) is 10.0 Å². The van der Waals surface area contributed by atoms with Crippen molar-refractivity contribution in [2.45, 2.75) is 25.3 Å². The van der Waals surface area contributed by atoms with Gasteiger partial charge in [0.1, 0.15) is 5.82 Å². The largest absolute Gasteiger partial charge is 0.365 e. The topological polar surface area (TPSA) is 84.0 Å². The molecule has 0 bridgehead atoms. The molecule has 0 aliphatic rings. The molecule has 1 aromatic heterocycles. The highest BCUT2D eigenvalue weighted by Crippen LogP contribution is 2.16. The number of nitrogens with one attached hydrogen (secondary N) is 2. The van der Waals surface area contributed by atoms with Crippen LogP contribution in [0.15, 0.2) is 65.6 Å². The Labute approximate surface area is 153 Å². The minimum atomic E-state index is -3.68. The third-order valence-electron chi connectivity index (χ3n) is 3.76. The van der Waals surface area contributed by atoms with Crippen LogP contribution in [0.5, 0.6) is 0 Å². The van der Waals surface area contributed by atoms with E-state index in [-0.39, 0.29) is 10.7 Å². The summed E-state index contributed by atoms with van der Waals surface area (Å²) in [5, 5.41) is 11.1. The molecule has 6 nitrogen and oxygen atoms in total. The van der Waals surface area contributed by atoms with Crippen LogP contribution in [0.4, 0.5) is 11.6 Å². The van der Waals surface area contributed by atoms with E-state index in [1.54, 1.807) is 30.3 Å². The summed E-state index contributed by atoms with van der Waals surface area (Å²) >= 11 is 0. The molecule has 2 N–H and O–H groups in total. The Hall–Kier alpha value is -2.93. The zero-order valence-electron chi connectivity index (χ0n) is 14.6. The fraction of sp³-hybridized carbons (Fsp3) is 0.158. The Morgan fingerprint density at radius 2 is 1.50 bits per heavy atom. The number of sulfonamides is 1. The second-order valence-electron chi connectivity index (χ2n) is 6.07. The number of hydrogen-bond donors (Lipinski definition) is 2. The van der Waals surface area contributed by atoms with Crippen LogP contribution >= 0.6 is 0 Å². The molecule has 0 saturated carbocycles. The molecule has 0 amide bonds. The summed E-state index contributed by atoms with van der Waals surface area (Å²) in [4.78, 5) is 0.195. The fourth-order valence-corrected chi connectivity index (χ4v) is 3.58. The SMILES string of the molecule is Cc1cccc(CNc2ccc(NS(=O)(=O)c3cccc(C)c3)nn2)c1. The summed E-state index contributed by atoms with van der Waals surface area (Å²) in [5.74, 6) is 0.748. The van der Waals surface area contributed by atoms with Crippen LogP contribution in [0.3, 0.4) is 0 Å². The van der Waals surface area contributed by atoms with Crippen molar-refractivity contribution in [1.29, 1.82) is 0 Å². The van der Waals surface area contributed by atoms with Crippen molar-refractivity contribution in [1.82, 2.24) is 10.2 Å². The third kappa shape index (κ3) is 4.58. The number of nitrogens with zero attached hydrogens (tertiary/aromatic N) is 2. The molecule has 0 unspecified atom stereocenters. The molecule has 0 aliphatic heterocycles. The van der Waals surface area contributed by atoms with E-state index in [1.165, 1.54) is 5.56 Å². The Morgan fingerprint density at radius 3 is 2.15 bits per heavy atom. The zero-order valence-corrected chi connectivity index (χ0v) is 15.4. The summed E-state index contributed by atoms with van der Waals surface area (Å²) in [7, 11) is -3.68. The van der Waals surface area contributed by atoms with Crippen molar-refractivity contribution in [3.63, 3.8) is 0 Å². The van der Waals surface area contributed by atoms with Crippen LogP contribution in [-0.4, -0.2) is 18.6 Å². The van der Waals surface area contributed by atoms with Gasteiger partial charge in [-0.3, -0.25) is 4.72 Å². The second-order valence-corrected chi connectivity index (χ2v) is 7.75. The summed E-state index contributed by atoms with van der Waals surface area (Å²) < 4.78 is 27.2. The average molecular weight is 368 g/mol. The Kier molecular flexibility index (Phi) is 5.18. The highest BCUT2D eigenvalue weighted by atomic mass is 32.2. The van der Waals surface area contributed by atoms with E-state index < -0.39 is 10.0 Å². The molecule has 3 rings (SSSR count). The first-order chi connectivity index (χ1) is 12.4. The molecule has 0 saturated heterocycles. The van der Waals surface area contributed by atoms with Gasteiger partial charge in [-0.2, -0.15) is 0 Å². The lowest BCUT2D eigenvalue weighted by Crippen LogP contribution is -2.14. The van der Waals surface area contributed by atoms with Gasteiger partial charge >= 0.3 is 0 Å². The standard InChI is InChI=1S/C19H20N4O2S/c1-14-5-3-7-16(11-14)13-20-18-9-10-19(22-21-18)23-26(24,25)17-8-4-6-15(2)12-17/h3-12H,13H2,1-2H3,(H,20,21)(H,22,23). The predicted molar refractivity (Wildman–Crippen MR) is 103 cm³/mol. The fourth-order valence-electron chi connectivity index (χ4n) is 2.47. The molecule has 0 atom stereocenters. The van der Waals surface area contributed by atoms with Gasteiger partial charge in [0, 0.05) is 6.54 Å². The number of aromatic nitrogens is 2. The number of anilines is 2. The highest BCUT2D eigenvalue weighted by molar-refractivity contribution is 7.92. The Morgan fingerprint density at radius 1 is 0.846 bits per heavy atom. The van der Waals surface area contributed by atoms with Gasteiger partial charge in [-0.25, -0.2) is 8.42 Å². The van der Waals surface area contributed by atoms with Crippen molar-refractivity contribution >= 4 is 21.7 Å². The summed E-state index contributed by atoms with van der Waals surface area (Å²) in [5.41, 5.74) is 3.20. The molecule has 0 aliphatic carbocycles. The van der Waals surface area contributed by atoms with Gasteiger partial charge in [0.15, 0.2) is 5.82 Å². The van der Waals surface area contributed by atoms with Crippen LogP contribution in [0.25, 0.3) is 0 Å². The number of benzene rings is 2. The molecule has 2 aromatic carbocycles. The van der Waals surface area contributed by atoms with E-state index in [0.29, 0.717) is 12.4 Å². The molecule has 26 heavy (non-hydrogen) atoms. The molecule has 134 valence electrons. The maximum Gasteiger partial charge on any atom is 0.263 e. The highest BCUT2D eigenvalue weighted by Gasteiger charge is 2.15. The normalized spacial score (nSPS) is 11.2. The minimum Gasteiger partial charge on any atom is -0.365 e. The van der Waals surface area contributed by atoms with E-state index in [2.05, 4.69) is 26.3 Å². The lowest BCUT2D eigenvalue weighted by atomic mass is 10.1. The molecule has 0 fully saturated rings. The molecular weight excluding hydrogens is 348 g/mol. The smallest absolute Gasteiger partial charge is 0.263 e. The molecule has 7 heteroatoms. The van der Waals surface area contributed by atoms with Crippen LogP contribution in [0, 0.1) is 13.8 Å². The Bertz CT molecular complexity index is 1000. The van der Waals surface area contributed by atoms with Crippen LogP contribution in [-0.2, 0) is 16.6 Å². The monoisotopic (exact) mass is 368 g/mol. The van der Waals surface area contributed by atoms with Gasteiger partial charge in [-0.1, -0.05) is 42.0 Å². The van der Waals surface area contributed by atoms with E-state index in [0.717, 1.165) is 11.1 Å². The number of aryl methyl sites for hydroxylation is 2. The van der Waals surface area contributed by atoms with Gasteiger partial charge < -0.3 is 5.32 Å². The molecule has 3 aromatic rings. The summed E-state index contributed by atoms with van der Waals surface area (Å²) in [6.07, 6.45) is 0. The van der Waals surface area contributed by atoms with Crippen molar-refractivity contribution in [3.05, 3.63) is 77.4 Å². The lowest BCUT2D eigenvalue weighted by molar-refractivity contribution is 0.601. The van der Waals surface area contributed by atoms with Crippen LogP contribution in [0.2, 0.25) is 0 Å². The summed E-state index contributed by atoms with van der Waals surface area (Å²) in [6.45, 7) is 4.50. The van der Waals surface area contributed by atoms with E-state index in [4.69, 9.17) is 0 Å². The lowest BCUT2D eigenvalue weighted by Gasteiger charge is -2.09. The van der Waals surface area contributed by atoms with Crippen molar-refractivity contribution in [2.24, 2.45) is 0 Å². The Balaban J connectivity index is 1.66. The van der Waals surface area contributed by atoms with Crippen LogP contribution in [0.1, 0.15) is 16.7 Å². The third-order valence-corrected chi connectivity index (χ3v) is 5.11. The van der Waals surface area contributed by atoms with Gasteiger partial charge in [-0.15, -0.1) is 10.2 Å². The van der Waals surface area contributed by atoms with Crippen LogP contribution < -0.4 is 10.0 Å². The quantitative estimate of drug-likeness (QED) is 0.696. The maximum absolute atomic E-state index is 12.4. The molecule has 0 spiro atoms. The first-order valence-electron chi connectivity index (χ1n) is 8.15. The molecule has 1 heterocycles. The van der Waals surface area contributed by atoms with E-state index >= 15 is 0 Å². The molecule has 0 radical (unpaired) electrons. The van der Waals surface area contributed by atoms with E-state index in [1.807, 2.05) is 38.1 Å². The average Bonchev–Trinajstić information content (AvgIpc) is 2.61. The summed E-state index contributed by atoms with van der Waals surface area (Å²) in [6, 6.07) is 18.1. The maximum atomic E-state index is 12.4. The first kappa shape index (κ1) is 17.9. The van der Waals surface area contributed by atoms with E-state index in [9.17, 15) is 8.42 Å². The number of hydrogen-bond acceptors (Lipinski definition) is 5. The first-order valence-corrected chi connectivity index (χ1v) is 9.63. The van der Waals surface area contributed by atoms with Gasteiger partial charge in [0.05, 0.1) is 4.90 Å². The predicted octanol–water partition coefficient (Wildman–Crippen LogP) is 3.51. The van der Waals surface area contributed by atoms with Crippen molar-refractivity contribution in [3.8, 4) is 0 Å². The van der Waals surface area contributed by atoms with Crippen molar-refractivity contribution in [2.75, 3.05) is 10.0 Å².